The van der Waals surface area contributed by atoms with Crippen LogP contribution in [0.1, 0.15) is 39.2 Å². The highest BCUT2D eigenvalue weighted by Crippen LogP contribution is 2.54. The van der Waals surface area contributed by atoms with Crippen molar-refractivity contribution in [2.24, 2.45) is 15.6 Å². The number of fused-ring (bicyclic) bond motifs is 1. The Labute approximate surface area is 146 Å². The number of Topliss-reactive ketones (excluding diaryl/α,β-unsaturated/α-hetero) is 1. The van der Waals surface area contributed by atoms with Gasteiger partial charge in [-0.25, -0.2) is 4.39 Å². The van der Waals surface area contributed by atoms with Crippen LogP contribution in [-0.4, -0.2) is 18.1 Å². The van der Waals surface area contributed by atoms with Crippen LogP contribution in [0.4, 0.5) is 4.39 Å². The molecular weight excluding hydrogens is 317 g/mol. The fourth-order valence-electron chi connectivity index (χ4n) is 4.53. The highest BCUT2D eigenvalue weighted by atomic mass is 19.1. The molecule has 0 aromatic heterocycles. The SMILES string of the molecule is CC[C@]1(c2ccccc2)C2=CN=NC2NC2=C1C(=O)CC(C)(C)[C@@H]2F. The largest absolute Gasteiger partial charge is 0.359 e. The number of nitrogens with one attached hydrogen (secondary N) is 1. The van der Waals surface area contributed by atoms with Gasteiger partial charge in [-0.1, -0.05) is 51.1 Å². The first kappa shape index (κ1) is 16.2. The average molecular weight is 339 g/mol. The smallest absolute Gasteiger partial charge is 0.164 e. The number of allylic oxidation sites excluding steroid dienone is 2. The van der Waals surface area contributed by atoms with Crippen molar-refractivity contribution >= 4 is 5.78 Å². The average Bonchev–Trinajstić information content (AvgIpc) is 3.07. The number of benzene rings is 1. The van der Waals surface area contributed by atoms with Crippen LogP contribution in [0.15, 0.2) is 63.6 Å². The third-order valence-corrected chi connectivity index (χ3v) is 5.79. The van der Waals surface area contributed by atoms with E-state index in [0.717, 1.165) is 11.1 Å². The summed E-state index contributed by atoms with van der Waals surface area (Å²) in [5.74, 6) is 0.0124. The molecule has 0 fully saturated rings. The van der Waals surface area contributed by atoms with Gasteiger partial charge < -0.3 is 5.32 Å². The number of halogens is 1. The lowest BCUT2D eigenvalue weighted by Gasteiger charge is -2.48. The molecule has 1 aliphatic carbocycles. The van der Waals surface area contributed by atoms with Crippen molar-refractivity contribution in [2.45, 2.75) is 51.4 Å². The van der Waals surface area contributed by atoms with Crippen LogP contribution in [0.3, 0.4) is 0 Å². The molecule has 1 unspecified atom stereocenters. The summed E-state index contributed by atoms with van der Waals surface area (Å²) in [7, 11) is 0. The zero-order chi connectivity index (χ0) is 17.8. The molecule has 0 radical (unpaired) electrons. The second-order valence-corrected chi connectivity index (χ2v) is 7.73. The quantitative estimate of drug-likeness (QED) is 0.878. The van der Waals surface area contributed by atoms with Gasteiger partial charge in [0.15, 0.2) is 11.9 Å². The van der Waals surface area contributed by atoms with Crippen LogP contribution in [0.5, 0.6) is 0 Å². The van der Waals surface area contributed by atoms with Gasteiger partial charge in [-0.3, -0.25) is 4.79 Å². The molecule has 3 aliphatic rings. The fraction of sp³-hybridized carbons (Fsp3) is 0.450. The molecule has 25 heavy (non-hydrogen) atoms. The van der Waals surface area contributed by atoms with E-state index in [4.69, 9.17) is 0 Å². The molecule has 0 saturated carbocycles. The zero-order valence-corrected chi connectivity index (χ0v) is 14.7. The van der Waals surface area contributed by atoms with E-state index in [1.807, 2.05) is 37.3 Å². The number of ketones is 1. The van der Waals surface area contributed by atoms with Crippen LogP contribution < -0.4 is 5.32 Å². The van der Waals surface area contributed by atoms with Gasteiger partial charge in [-0.05, 0) is 12.0 Å². The highest BCUT2D eigenvalue weighted by molar-refractivity contribution is 6.01. The molecule has 2 heterocycles. The van der Waals surface area contributed by atoms with Crippen LogP contribution in [0.2, 0.25) is 0 Å². The van der Waals surface area contributed by atoms with Gasteiger partial charge in [0, 0.05) is 23.0 Å². The number of rotatable bonds is 2. The van der Waals surface area contributed by atoms with Crippen LogP contribution in [0.25, 0.3) is 0 Å². The monoisotopic (exact) mass is 339 g/mol. The molecule has 130 valence electrons. The molecule has 5 heteroatoms. The van der Waals surface area contributed by atoms with Crippen molar-refractivity contribution in [3.05, 3.63) is 58.9 Å². The van der Waals surface area contributed by atoms with Gasteiger partial charge in [-0.2, -0.15) is 10.2 Å². The number of nitrogens with zero attached hydrogens (tertiary/aromatic N) is 2. The Morgan fingerprint density at radius 3 is 2.68 bits per heavy atom. The zero-order valence-electron chi connectivity index (χ0n) is 14.7. The molecule has 0 amide bonds. The van der Waals surface area contributed by atoms with E-state index in [-0.39, 0.29) is 12.2 Å². The normalized spacial score (nSPS) is 32.8. The first-order valence-electron chi connectivity index (χ1n) is 8.76. The number of hydrogen-bond donors (Lipinski definition) is 1. The number of carbonyl (C=O) groups is 1. The summed E-state index contributed by atoms with van der Waals surface area (Å²) in [6.45, 7) is 5.65. The highest BCUT2D eigenvalue weighted by Gasteiger charge is 2.55. The molecule has 1 aromatic rings. The third-order valence-electron chi connectivity index (χ3n) is 5.79. The molecule has 4 rings (SSSR count). The predicted octanol–water partition coefficient (Wildman–Crippen LogP) is 4.20. The molecule has 0 saturated heterocycles. The summed E-state index contributed by atoms with van der Waals surface area (Å²) < 4.78 is 15.4. The van der Waals surface area contributed by atoms with Crippen LogP contribution in [0, 0.1) is 5.41 Å². The lowest BCUT2D eigenvalue weighted by atomic mass is 9.58. The number of alkyl halides is 1. The molecule has 2 aliphatic heterocycles. The van der Waals surface area contributed by atoms with E-state index in [2.05, 4.69) is 15.5 Å². The minimum Gasteiger partial charge on any atom is -0.359 e. The van der Waals surface area contributed by atoms with E-state index >= 15 is 4.39 Å². The topological polar surface area (TPSA) is 53.8 Å². The molecule has 4 nitrogen and oxygen atoms in total. The Hall–Kier alpha value is -2.30. The van der Waals surface area contributed by atoms with Crippen molar-refractivity contribution in [3.63, 3.8) is 0 Å². The summed E-state index contributed by atoms with van der Waals surface area (Å²) in [6, 6.07) is 9.88. The number of hydrogen-bond acceptors (Lipinski definition) is 4. The summed E-state index contributed by atoms with van der Waals surface area (Å²) >= 11 is 0. The molecule has 3 atom stereocenters. The van der Waals surface area contributed by atoms with Gasteiger partial charge in [0.1, 0.15) is 6.17 Å². The lowest BCUT2D eigenvalue weighted by Crippen LogP contribution is -2.55. The summed E-state index contributed by atoms with van der Waals surface area (Å²) in [5.41, 5.74) is 1.48. The first-order valence-corrected chi connectivity index (χ1v) is 8.76. The standard InChI is InChI=1S/C20H22FN3O/c1-4-20(12-8-6-5-7-9-12)13-11-22-24-18(13)23-16-15(20)14(25)10-19(2,3)17(16)21/h5-9,11,17-18,23H,4,10H2,1-3H3/t17-,18?,20+/m1/s1. The van der Waals surface area contributed by atoms with Gasteiger partial charge in [0.05, 0.1) is 17.3 Å². The molecule has 0 bridgehead atoms. The lowest BCUT2D eigenvalue weighted by molar-refractivity contribution is -0.120. The maximum atomic E-state index is 15.4. The molecule has 1 aromatic carbocycles. The van der Waals surface area contributed by atoms with Crippen molar-refractivity contribution in [1.82, 2.24) is 5.32 Å². The van der Waals surface area contributed by atoms with Crippen LogP contribution >= 0.6 is 0 Å². The molecular formula is C20H22FN3O. The van der Waals surface area contributed by atoms with E-state index < -0.39 is 23.2 Å². The Kier molecular flexibility index (Phi) is 3.46. The van der Waals surface area contributed by atoms with Crippen molar-refractivity contribution in [2.75, 3.05) is 0 Å². The van der Waals surface area contributed by atoms with Gasteiger partial charge in [-0.15, -0.1) is 0 Å². The third kappa shape index (κ3) is 2.08. The fourth-order valence-corrected chi connectivity index (χ4v) is 4.53. The Bertz CT molecular complexity index is 825. The van der Waals surface area contributed by atoms with Gasteiger partial charge in [0.2, 0.25) is 0 Å². The molecule has 1 N–H and O–H groups in total. The summed E-state index contributed by atoms with van der Waals surface area (Å²) in [5, 5.41) is 11.5. The second-order valence-electron chi connectivity index (χ2n) is 7.73. The van der Waals surface area contributed by atoms with Crippen molar-refractivity contribution in [1.29, 1.82) is 0 Å². The maximum absolute atomic E-state index is 15.4. The number of carbonyl (C=O) groups excluding carboxylic acids is 1. The van der Waals surface area contributed by atoms with E-state index in [1.54, 1.807) is 20.0 Å². The van der Waals surface area contributed by atoms with E-state index in [0.29, 0.717) is 17.7 Å². The van der Waals surface area contributed by atoms with Gasteiger partial charge >= 0.3 is 0 Å². The van der Waals surface area contributed by atoms with Crippen molar-refractivity contribution < 1.29 is 9.18 Å². The Balaban J connectivity index is 2.03. The Morgan fingerprint density at radius 2 is 2.00 bits per heavy atom. The second kappa shape index (κ2) is 5.35. The maximum Gasteiger partial charge on any atom is 0.164 e. The number of azo groups is 1. The van der Waals surface area contributed by atoms with Crippen LogP contribution in [-0.2, 0) is 10.2 Å². The summed E-state index contributed by atoms with van der Waals surface area (Å²) in [6.07, 6.45) is 0.961. The minimum absolute atomic E-state index is 0.0124. The predicted molar refractivity (Wildman–Crippen MR) is 93.6 cm³/mol. The summed E-state index contributed by atoms with van der Waals surface area (Å²) in [4.78, 5) is 13.2. The van der Waals surface area contributed by atoms with Crippen molar-refractivity contribution in [3.8, 4) is 0 Å². The van der Waals surface area contributed by atoms with E-state index in [9.17, 15) is 4.79 Å². The van der Waals surface area contributed by atoms with Gasteiger partial charge in [0.25, 0.3) is 0 Å². The molecule has 0 spiro atoms. The Morgan fingerprint density at radius 1 is 1.28 bits per heavy atom. The van der Waals surface area contributed by atoms with E-state index in [1.165, 1.54) is 0 Å². The first-order chi connectivity index (χ1) is 11.9. The minimum atomic E-state index is -1.23.